The van der Waals surface area contributed by atoms with Gasteiger partial charge in [0, 0.05) is 16.3 Å². The van der Waals surface area contributed by atoms with Crippen molar-refractivity contribution in [3.05, 3.63) is 53.1 Å². The van der Waals surface area contributed by atoms with Gasteiger partial charge in [-0.05, 0) is 48.6 Å². The van der Waals surface area contributed by atoms with Crippen LogP contribution in [-0.4, -0.2) is 17.8 Å². The first kappa shape index (κ1) is 14.6. The Morgan fingerprint density at radius 1 is 1.14 bits per heavy atom. The lowest BCUT2D eigenvalue weighted by atomic mass is 10.2. The summed E-state index contributed by atoms with van der Waals surface area (Å²) in [7, 11) is 0. The van der Waals surface area contributed by atoms with E-state index in [1.54, 1.807) is 42.5 Å². The summed E-state index contributed by atoms with van der Waals surface area (Å²) in [5.74, 6) is 0.829. The van der Waals surface area contributed by atoms with Crippen molar-refractivity contribution in [3.8, 4) is 11.5 Å². The van der Waals surface area contributed by atoms with Gasteiger partial charge in [0.05, 0.1) is 0 Å². The molecule has 112 valence electrons. The topological polar surface area (TPSA) is 59.6 Å². The van der Waals surface area contributed by atoms with Crippen molar-refractivity contribution in [2.75, 3.05) is 12.1 Å². The predicted molar refractivity (Wildman–Crippen MR) is 87.7 cm³/mol. The molecule has 1 aliphatic rings. The molecule has 0 fully saturated rings. The Hall–Kier alpha value is -2.31. The number of ether oxygens (including phenoxy) is 2. The first-order chi connectivity index (χ1) is 10.6. The Bertz CT molecular complexity index is 751. The number of carbonyl (C=O) groups excluding carboxylic acids is 1. The van der Waals surface area contributed by atoms with Crippen LogP contribution in [0.15, 0.2) is 42.5 Å². The van der Waals surface area contributed by atoms with Crippen molar-refractivity contribution in [1.82, 2.24) is 5.32 Å². The van der Waals surface area contributed by atoms with Gasteiger partial charge in [0.25, 0.3) is 5.91 Å². The number of halogens is 1. The monoisotopic (exact) mass is 334 g/mol. The van der Waals surface area contributed by atoms with Gasteiger partial charge in [-0.1, -0.05) is 17.7 Å². The zero-order valence-corrected chi connectivity index (χ0v) is 12.8. The van der Waals surface area contributed by atoms with Gasteiger partial charge in [0.2, 0.25) is 6.79 Å². The third-order valence-electron chi connectivity index (χ3n) is 2.94. The highest BCUT2D eigenvalue weighted by Crippen LogP contribution is 2.32. The summed E-state index contributed by atoms with van der Waals surface area (Å²) in [6.45, 7) is 0.162. The molecule has 2 aromatic carbocycles. The molecule has 5 nitrogen and oxygen atoms in total. The molecule has 1 heterocycles. The first-order valence-electron chi connectivity index (χ1n) is 6.39. The summed E-state index contributed by atoms with van der Waals surface area (Å²) in [5.41, 5.74) is 1.13. The van der Waals surface area contributed by atoms with Gasteiger partial charge >= 0.3 is 0 Å². The van der Waals surface area contributed by atoms with E-state index < -0.39 is 0 Å². The highest BCUT2D eigenvalue weighted by Gasteiger charge is 2.16. The van der Waals surface area contributed by atoms with Crippen LogP contribution in [0.3, 0.4) is 0 Å². The largest absolute Gasteiger partial charge is 0.454 e. The molecule has 3 rings (SSSR count). The quantitative estimate of drug-likeness (QED) is 0.826. The van der Waals surface area contributed by atoms with Crippen molar-refractivity contribution in [1.29, 1.82) is 0 Å². The smallest absolute Gasteiger partial charge is 0.257 e. The molecular formula is C15H11ClN2O3S. The SMILES string of the molecule is O=C(NC(=S)Nc1cccc(Cl)c1)c1ccc2c(c1)OCO2. The van der Waals surface area contributed by atoms with Crippen LogP contribution >= 0.6 is 23.8 Å². The zero-order chi connectivity index (χ0) is 15.5. The highest BCUT2D eigenvalue weighted by atomic mass is 35.5. The van der Waals surface area contributed by atoms with Crippen molar-refractivity contribution < 1.29 is 14.3 Å². The number of hydrogen-bond acceptors (Lipinski definition) is 4. The third kappa shape index (κ3) is 3.29. The molecule has 1 aliphatic heterocycles. The fraction of sp³-hybridized carbons (Fsp3) is 0.0667. The molecule has 0 aromatic heterocycles. The van der Waals surface area contributed by atoms with Gasteiger partial charge in [0.1, 0.15) is 0 Å². The van der Waals surface area contributed by atoms with E-state index in [9.17, 15) is 4.79 Å². The Morgan fingerprint density at radius 2 is 1.95 bits per heavy atom. The van der Waals surface area contributed by atoms with Crippen LogP contribution < -0.4 is 20.1 Å². The van der Waals surface area contributed by atoms with Gasteiger partial charge in [0.15, 0.2) is 16.6 Å². The summed E-state index contributed by atoms with van der Waals surface area (Å²) in [4.78, 5) is 12.2. The van der Waals surface area contributed by atoms with E-state index in [2.05, 4.69) is 10.6 Å². The summed E-state index contributed by atoms with van der Waals surface area (Å²) >= 11 is 11.0. The fourth-order valence-corrected chi connectivity index (χ4v) is 2.34. The van der Waals surface area contributed by atoms with Crippen LogP contribution in [0.1, 0.15) is 10.4 Å². The minimum Gasteiger partial charge on any atom is -0.454 e. The van der Waals surface area contributed by atoms with Crippen LogP contribution in [0.5, 0.6) is 11.5 Å². The zero-order valence-electron chi connectivity index (χ0n) is 11.3. The predicted octanol–water partition coefficient (Wildman–Crippen LogP) is 3.20. The lowest BCUT2D eigenvalue weighted by molar-refractivity contribution is 0.0977. The van der Waals surface area contributed by atoms with Gasteiger partial charge in [-0.3, -0.25) is 10.1 Å². The lowest BCUT2D eigenvalue weighted by Crippen LogP contribution is -2.34. The minimum atomic E-state index is -0.335. The average Bonchev–Trinajstić information content (AvgIpc) is 2.94. The van der Waals surface area contributed by atoms with Crippen molar-refractivity contribution in [2.45, 2.75) is 0 Å². The molecule has 2 aromatic rings. The van der Waals surface area contributed by atoms with E-state index in [0.29, 0.717) is 27.8 Å². The molecule has 0 bridgehead atoms. The number of nitrogens with one attached hydrogen (secondary N) is 2. The molecule has 1 amide bonds. The molecule has 0 radical (unpaired) electrons. The van der Waals surface area contributed by atoms with Gasteiger partial charge in [-0.25, -0.2) is 0 Å². The van der Waals surface area contributed by atoms with E-state index in [0.717, 1.165) is 0 Å². The van der Waals surface area contributed by atoms with Crippen LogP contribution in [-0.2, 0) is 0 Å². The average molecular weight is 335 g/mol. The standard InChI is InChI=1S/C15H11ClN2O3S/c16-10-2-1-3-11(7-10)17-15(22)18-14(19)9-4-5-12-13(6-9)21-8-20-12/h1-7H,8H2,(H2,17,18,19,22). The second-order valence-electron chi connectivity index (χ2n) is 4.49. The summed E-state index contributed by atoms with van der Waals surface area (Å²) in [6.07, 6.45) is 0. The summed E-state index contributed by atoms with van der Waals surface area (Å²) in [5, 5.41) is 6.26. The number of amides is 1. The fourth-order valence-electron chi connectivity index (χ4n) is 1.94. The minimum absolute atomic E-state index is 0.162. The van der Waals surface area contributed by atoms with Crippen LogP contribution in [0.2, 0.25) is 5.02 Å². The summed E-state index contributed by atoms with van der Waals surface area (Å²) in [6, 6.07) is 12.0. The number of carbonyl (C=O) groups is 1. The first-order valence-corrected chi connectivity index (χ1v) is 7.18. The van der Waals surface area contributed by atoms with Gasteiger partial charge in [-0.2, -0.15) is 0 Å². The molecular weight excluding hydrogens is 324 g/mol. The number of rotatable bonds is 2. The highest BCUT2D eigenvalue weighted by molar-refractivity contribution is 7.80. The van der Waals surface area contributed by atoms with E-state index in [4.69, 9.17) is 33.3 Å². The third-order valence-corrected chi connectivity index (χ3v) is 3.38. The maximum absolute atomic E-state index is 12.2. The molecule has 0 saturated heterocycles. The normalized spacial score (nSPS) is 11.9. The maximum atomic E-state index is 12.2. The van der Waals surface area contributed by atoms with E-state index in [-0.39, 0.29) is 17.8 Å². The number of hydrogen-bond donors (Lipinski definition) is 2. The lowest BCUT2D eigenvalue weighted by Gasteiger charge is -2.10. The molecule has 0 saturated carbocycles. The van der Waals surface area contributed by atoms with Crippen molar-refractivity contribution >= 4 is 40.5 Å². The second-order valence-corrected chi connectivity index (χ2v) is 5.33. The van der Waals surface area contributed by atoms with E-state index >= 15 is 0 Å². The molecule has 2 N–H and O–H groups in total. The van der Waals surface area contributed by atoms with Crippen LogP contribution in [0, 0.1) is 0 Å². The maximum Gasteiger partial charge on any atom is 0.257 e. The Kier molecular flexibility index (Phi) is 4.13. The Labute approximate surface area is 137 Å². The molecule has 7 heteroatoms. The Balaban J connectivity index is 1.65. The van der Waals surface area contributed by atoms with Gasteiger partial charge < -0.3 is 14.8 Å². The van der Waals surface area contributed by atoms with Crippen molar-refractivity contribution in [2.24, 2.45) is 0 Å². The molecule has 0 spiro atoms. The number of thiocarbonyl (C=S) groups is 1. The Morgan fingerprint density at radius 3 is 2.77 bits per heavy atom. The number of benzene rings is 2. The number of fused-ring (bicyclic) bond motifs is 1. The van der Waals surface area contributed by atoms with E-state index in [1.165, 1.54) is 0 Å². The molecule has 0 unspecified atom stereocenters. The number of anilines is 1. The van der Waals surface area contributed by atoms with Crippen LogP contribution in [0.4, 0.5) is 5.69 Å². The molecule has 0 atom stereocenters. The van der Waals surface area contributed by atoms with Crippen molar-refractivity contribution in [3.63, 3.8) is 0 Å². The second kappa shape index (κ2) is 6.21. The summed E-state index contributed by atoms with van der Waals surface area (Å²) < 4.78 is 10.4. The van der Waals surface area contributed by atoms with E-state index in [1.807, 2.05) is 0 Å². The van der Waals surface area contributed by atoms with Gasteiger partial charge in [-0.15, -0.1) is 0 Å². The molecule has 22 heavy (non-hydrogen) atoms. The molecule has 0 aliphatic carbocycles. The van der Waals surface area contributed by atoms with Crippen LogP contribution in [0.25, 0.3) is 0 Å².